The zero-order valence-corrected chi connectivity index (χ0v) is 13.6. The van der Waals surface area contributed by atoms with Gasteiger partial charge in [-0.1, -0.05) is 19.3 Å². The normalized spacial score (nSPS) is 19.8. The Kier molecular flexibility index (Phi) is 6.42. The van der Waals surface area contributed by atoms with Crippen molar-refractivity contribution in [2.75, 3.05) is 7.11 Å². The van der Waals surface area contributed by atoms with Crippen molar-refractivity contribution in [3.05, 3.63) is 28.5 Å². The van der Waals surface area contributed by atoms with Crippen molar-refractivity contribution < 1.29 is 4.74 Å². The lowest BCUT2D eigenvalue weighted by atomic mass is 9.81. The average molecular weight is 342 g/mol. The van der Waals surface area contributed by atoms with Gasteiger partial charge in [-0.2, -0.15) is 0 Å². The lowest BCUT2D eigenvalue weighted by molar-refractivity contribution is 0.00825. The van der Waals surface area contributed by atoms with E-state index in [4.69, 9.17) is 10.6 Å². The molecule has 0 saturated heterocycles. The fourth-order valence-corrected chi connectivity index (χ4v) is 3.65. The lowest BCUT2D eigenvalue weighted by Gasteiger charge is -2.34. The number of hydrogen-bond acceptors (Lipinski definition) is 4. The fraction of sp³-hybridized carbons (Fsp3) is 0.667. The highest BCUT2D eigenvalue weighted by molar-refractivity contribution is 9.10. The van der Waals surface area contributed by atoms with Gasteiger partial charge in [-0.25, -0.2) is 0 Å². The van der Waals surface area contributed by atoms with Gasteiger partial charge in [-0.05, 0) is 52.7 Å². The smallest absolute Gasteiger partial charge is 0.0769 e. The molecule has 1 aliphatic carbocycles. The minimum Gasteiger partial charge on any atom is -0.379 e. The third-order valence-electron chi connectivity index (χ3n) is 4.21. The third-order valence-corrected chi connectivity index (χ3v) is 4.65. The Bertz CT molecular complexity index is 410. The number of ether oxygens (including phenoxy) is 1. The molecule has 5 heteroatoms. The van der Waals surface area contributed by atoms with Gasteiger partial charge < -0.3 is 4.74 Å². The number of aromatic nitrogens is 1. The van der Waals surface area contributed by atoms with Gasteiger partial charge in [0.2, 0.25) is 0 Å². The first-order chi connectivity index (χ1) is 9.74. The van der Waals surface area contributed by atoms with Gasteiger partial charge in [0, 0.05) is 24.0 Å². The Hall–Kier alpha value is -0.490. The van der Waals surface area contributed by atoms with Crippen molar-refractivity contribution in [2.24, 2.45) is 11.8 Å². The van der Waals surface area contributed by atoms with Crippen molar-refractivity contribution in [3.63, 3.8) is 0 Å². The molecule has 1 aliphatic rings. The van der Waals surface area contributed by atoms with Crippen LogP contribution in [0.2, 0.25) is 0 Å². The second-order valence-corrected chi connectivity index (χ2v) is 6.50. The summed E-state index contributed by atoms with van der Waals surface area (Å²) in [6.07, 6.45) is 11.1. The predicted molar refractivity (Wildman–Crippen MR) is 84.1 cm³/mol. The Morgan fingerprint density at radius 2 is 2.15 bits per heavy atom. The Morgan fingerprint density at radius 1 is 1.40 bits per heavy atom. The van der Waals surface area contributed by atoms with Crippen LogP contribution in [0, 0.1) is 5.92 Å². The van der Waals surface area contributed by atoms with Crippen LogP contribution in [0.25, 0.3) is 0 Å². The van der Waals surface area contributed by atoms with Crippen LogP contribution in [-0.2, 0) is 11.2 Å². The minimum absolute atomic E-state index is 0.124. The van der Waals surface area contributed by atoms with Gasteiger partial charge in [0.25, 0.3) is 0 Å². The van der Waals surface area contributed by atoms with E-state index in [9.17, 15) is 0 Å². The van der Waals surface area contributed by atoms with E-state index in [0.29, 0.717) is 5.92 Å². The number of hydrazine groups is 1. The number of nitrogens with two attached hydrogens (primary N) is 1. The molecule has 1 heterocycles. The number of rotatable bonds is 6. The molecule has 4 nitrogen and oxygen atoms in total. The molecular weight excluding hydrogens is 318 g/mol. The highest BCUT2D eigenvalue weighted by Crippen LogP contribution is 2.30. The van der Waals surface area contributed by atoms with E-state index < -0.39 is 0 Å². The van der Waals surface area contributed by atoms with Crippen LogP contribution < -0.4 is 11.3 Å². The number of pyridine rings is 1. The van der Waals surface area contributed by atoms with E-state index in [1.165, 1.54) is 37.7 Å². The van der Waals surface area contributed by atoms with Gasteiger partial charge >= 0.3 is 0 Å². The fourth-order valence-electron chi connectivity index (χ4n) is 3.24. The van der Waals surface area contributed by atoms with Crippen LogP contribution in [0.5, 0.6) is 0 Å². The van der Waals surface area contributed by atoms with Gasteiger partial charge in [0.05, 0.1) is 12.1 Å². The number of nitrogens with zero attached hydrogens (tertiary/aromatic N) is 1. The molecule has 20 heavy (non-hydrogen) atoms. The quantitative estimate of drug-likeness (QED) is 0.617. The summed E-state index contributed by atoms with van der Waals surface area (Å²) in [4.78, 5) is 4.21. The molecule has 1 saturated carbocycles. The second kappa shape index (κ2) is 8.08. The lowest BCUT2D eigenvalue weighted by Crippen LogP contribution is -2.49. The number of hydrogen-bond donors (Lipinski definition) is 2. The van der Waals surface area contributed by atoms with Crippen molar-refractivity contribution in [1.82, 2.24) is 10.4 Å². The maximum Gasteiger partial charge on any atom is 0.0769 e. The monoisotopic (exact) mass is 341 g/mol. The molecule has 2 atom stereocenters. The van der Waals surface area contributed by atoms with Crippen LogP contribution in [0.1, 0.15) is 37.7 Å². The highest BCUT2D eigenvalue weighted by Gasteiger charge is 2.30. The van der Waals surface area contributed by atoms with Gasteiger partial charge in [-0.3, -0.25) is 16.3 Å². The summed E-state index contributed by atoms with van der Waals surface area (Å²) >= 11 is 3.46. The van der Waals surface area contributed by atoms with Crippen LogP contribution in [-0.4, -0.2) is 24.2 Å². The molecule has 0 bridgehead atoms. The number of methoxy groups -OCH3 is 1. The topological polar surface area (TPSA) is 60.2 Å². The molecule has 1 aromatic rings. The molecular formula is C15H24BrN3O. The summed E-state index contributed by atoms with van der Waals surface area (Å²) in [5, 5.41) is 0. The predicted octanol–water partition coefficient (Wildman–Crippen LogP) is 2.81. The number of nitrogens with one attached hydrogen (secondary N) is 1. The molecule has 2 rings (SSSR count). The summed E-state index contributed by atoms with van der Waals surface area (Å²) in [5.41, 5.74) is 4.12. The van der Waals surface area contributed by atoms with E-state index >= 15 is 0 Å². The zero-order valence-electron chi connectivity index (χ0n) is 12.0. The minimum atomic E-state index is 0.124. The Labute approximate surface area is 129 Å². The molecule has 3 N–H and O–H groups in total. The summed E-state index contributed by atoms with van der Waals surface area (Å²) in [7, 11) is 1.79. The van der Waals surface area contributed by atoms with Crippen molar-refractivity contribution >= 4 is 15.9 Å². The first-order valence-corrected chi connectivity index (χ1v) is 8.12. The van der Waals surface area contributed by atoms with Crippen LogP contribution >= 0.6 is 15.9 Å². The molecule has 0 aliphatic heterocycles. The Balaban J connectivity index is 2.04. The zero-order chi connectivity index (χ0) is 14.4. The number of halogens is 1. The van der Waals surface area contributed by atoms with Crippen LogP contribution in [0.4, 0.5) is 0 Å². The van der Waals surface area contributed by atoms with Crippen LogP contribution in [0.15, 0.2) is 22.9 Å². The average Bonchev–Trinajstić information content (AvgIpc) is 2.48. The first-order valence-electron chi connectivity index (χ1n) is 7.33. The summed E-state index contributed by atoms with van der Waals surface area (Å²) in [6, 6.07) is 2.21. The molecule has 0 amide bonds. The Morgan fingerprint density at radius 3 is 2.75 bits per heavy atom. The summed E-state index contributed by atoms with van der Waals surface area (Å²) < 4.78 is 6.77. The molecule has 0 aromatic carbocycles. The van der Waals surface area contributed by atoms with E-state index in [1.54, 1.807) is 13.3 Å². The SMILES string of the molecule is COC(C1CCCCC1)C(Cc1cncc(Br)c1)NN. The van der Waals surface area contributed by atoms with Crippen molar-refractivity contribution in [3.8, 4) is 0 Å². The molecule has 1 aromatic heterocycles. The molecule has 0 radical (unpaired) electrons. The largest absolute Gasteiger partial charge is 0.379 e. The van der Waals surface area contributed by atoms with E-state index in [0.717, 1.165) is 10.9 Å². The molecule has 0 spiro atoms. The van der Waals surface area contributed by atoms with E-state index in [-0.39, 0.29) is 12.1 Å². The summed E-state index contributed by atoms with van der Waals surface area (Å²) in [5.74, 6) is 6.39. The molecule has 2 unspecified atom stereocenters. The second-order valence-electron chi connectivity index (χ2n) is 5.59. The van der Waals surface area contributed by atoms with E-state index in [1.807, 2.05) is 6.20 Å². The maximum atomic E-state index is 5.78. The van der Waals surface area contributed by atoms with Crippen LogP contribution in [0.3, 0.4) is 0 Å². The van der Waals surface area contributed by atoms with Crippen molar-refractivity contribution in [2.45, 2.75) is 50.7 Å². The van der Waals surface area contributed by atoms with Gasteiger partial charge in [0.1, 0.15) is 0 Å². The molecule has 1 fully saturated rings. The standard InChI is InChI=1S/C15H24BrN3O/c1-20-15(12-5-3-2-4-6-12)14(19-17)8-11-7-13(16)10-18-9-11/h7,9-10,12,14-15,19H,2-6,8,17H2,1H3. The third kappa shape index (κ3) is 4.25. The molecule has 112 valence electrons. The van der Waals surface area contributed by atoms with Gasteiger partial charge in [0.15, 0.2) is 0 Å². The van der Waals surface area contributed by atoms with Crippen molar-refractivity contribution in [1.29, 1.82) is 0 Å². The first kappa shape index (κ1) is 15.9. The highest BCUT2D eigenvalue weighted by atomic mass is 79.9. The van der Waals surface area contributed by atoms with E-state index in [2.05, 4.69) is 32.4 Å². The maximum absolute atomic E-state index is 5.78. The van der Waals surface area contributed by atoms with Gasteiger partial charge in [-0.15, -0.1) is 0 Å². The summed E-state index contributed by atoms with van der Waals surface area (Å²) in [6.45, 7) is 0.